The van der Waals surface area contributed by atoms with Crippen LogP contribution in [0.3, 0.4) is 0 Å². The summed E-state index contributed by atoms with van der Waals surface area (Å²) in [4.78, 5) is 24.3. The molecule has 1 rings (SSSR count). The summed E-state index contributed by atoms with van der Waals surface area (Å²) in [5, 5.41) is 0. The van der Waals surface area contributed by atoms with Gasteiger partial charge in [-0.3, -0.25) is 9.59 Å². The Bertz CT molecular complexity index is 532. The van der Waals surface area contributed by atoms with Crippen molar-refractivity contribution in [2.75, 3.05) is 6.61 Å². The van der Waals surface area contributed by atoms with E-state index < -0.39 is 23.3 Å². The molecule has 0 aliphatic heterocycles. The Hall–Kier alpha value is -2.05. The first-order valence-corrected chi connectivity index (χ1v) is 5.46. The Balaban J connectivity index is 2.86. The average Bonchev–Trinajstić information content (AvgIpc) is 2.30. The predicted molar refractivity (Wildman–Crippen MR) is 62.3 cm³/mol. The lowest BCUT2D eigenvalue weighted by Gasteiger charge is -2.06. The number of ether oxygens (including phenoxy) is 1. The molecule has 0 unspecified atom stereocenters. The maximum Gasteiger partial charge on any atom is 0.417 e. The van der Waals surface area contributed by atoms with Gasteiger partial charge in [-0.05, 0) is 13.0 Å². The van der Waals surface area contributed by atoms with Crippen molar-refractivity contribution in [1.29, 1.82) is 0 Å². The number of nitrogens with one attached hydrogen (secondary N) is 1. The van der Waals surface area contributed by atoms with Crippen molar-refractivity contribution >= 4 is 12.0 Å². The van der Waals surface area contributed by atoms with Crippen molar-refractivity contribution < 1.29 is 22.7 Å². The van der Waals surface area contributed by atoms with E-state index in [4.69, 9.17) is 0 Å². The van der Waals surface area contributed by atoms with Crippen LogP contribution in [-0.2, 0) is 15.7 Å². The molecular weight excluding hydrogens is 263 g/mol. The fraction of sp³-hybridized carbons (Fsp3) is 0.333. The maximum atomic E-state index is 12.4. The minimum atomic E-state index is -4.53. The van der Waals surface area contributed by atoms with E-state index in [9.17, 15) is 22.8 Å². The van der Waals surface area contributed by atoms with Gasteiger partial charge in [-0.1, -0.05) is 12.2 Å². The van der Waals surface area contributed by atoms with Crippen molar-refractivity contribution in [3.8, 4) is 0 Å². The third-order valence-corrected chi connectivity index (χ3v) is 2.15. The number of alkyl halides is 3. The van der Waals surface area contributed by atoms with Crippen LogP contribution in [0.1, 0.15) is 24.5 Å². The highest BCUT2D eigenvalue weighted by Crippen LogP contribution is 2.28. The van der Waals surface area contributed by atoms with Crippen molar-refractivity contribution in [2.24, 2.45) is 0 Å². The molecule has 4 nitrogen and oxygen atoms in total. The summed E-state index contributed by atoms with van der Waals surface area (Å²) in [6, 6.07) is 0.723. The van der Waals surface area contributed by atoms with Gasteiger partial charge in [-0.25, -0.2) is 0 Å². The summed E-state index contributed by atoms with van der Waals surface area (Å²) in [7, 11) is 0. The van der Waals surface area contributed by atoms with Crippen LogP contribution in [0.15, 0.2) is 23.1 Å². The van der Waals surface area contributed by atoms with Crippen LogP contribution in [0.4, 0.5) is 13.2 Å². The first-order valence-electron chi connectivity index (χ1n) is 5.46. The molecule has 0 saturated heterocycles. The molecule has 0 radical (unpaired) electrons. The molecule has 1 aromatic heterocycles. The Labute approximate surface area is 106 Å². The van der Waals surface area contributed by atoms with E-state index in [1.54, 1.807) is 6.92 Å². The molecular formula is C12H12F3NO3. The number of aromatic nitrogens is 1. The van der Waals surface area contributed by atoms with Gasteiger partial charge in [0.1, 0.15) is 0 Å². The highest BCUT2D eigenvalue weighted by molar-refractivity contribution is 5.72. The fourth-order valence-corrected chi connectivity index (χ4v) is 1.29. The van der Waals surface area contributed by atoms with Gasteiger partial charge in [0.05, 0.1) is 18.6 Å². The largest absolute Gasteiger partial charge is 0.466 e. The zero-order valence-electron chi connectivity index (χ0n) is 10.1. The monoisotopic (exact) mass is 275 g/mol. The van der Waals surface area contributed by atoms with E-state index in [2.05, 4.69) is 4.74 Å². The topological polar surface area (TPSA) is 59.2 Å². The Morgan fingerprint density at radius 3 is 2.74 bits per heavy atom. The first kappa shape index (κ1) is 15.0. The van der Waals surface area contributed by atoms with Crippen molar-refractivity contribution in [3.63, 3.8) is 0 Å². The summed E-state index contributed by atoms with van der Waals surface area (Å²) in [6.45, 7) is 1.86. The molecule has 7 heteroatoms. The fourth-order valence-electron chi connectivity index (χ4n) is 1.29. The number of pyridine rings is 1. The number of halogens is 3. The smallest absolute Gasteiger partial charge is 0.417 e. The molecule has 0 aromatic carbocycles. The van der Waals surface area contributed by atoms with Gasteiger partial charge in [-0.2, -0.15) is 13.2 Å². The second-order valence-corrected chi connectivity index (χ2v) is 3.58. The van der Waals surface area contributed by atoms with Gasteiger partial charge in [0.25, 0.3) is 5.56 Å². The molecule has 1 aromatic rings. The normalized spacial score (nSPS) is 11.8. The lowest BCUT2D eigenvalue weighted by atomic mass is 10.2. The van der Waals surface area contributed by atoms with Crippen molar-refractivity contribution in [1.82, 2.24) is 4.98 Å². The zero-order chi connectivity index (χ0) is 14.5. The second-order valence-electron chi connectivity index (χ2n) is 3.58. The van der Waals surface area contributed by atoms with Crippen LogP contribution in [0.5, 0.6) is 0 Å². The van der Waals surface area contributed by atoms with Crippen LogP contribution in [0.2, 0.25) is 0 Å². The first-order chi connectivity index (χ1) is 8.84. The van der Waals surface area contributed by atoms with Crippen LogP contribution in [-0.4, -0.2) is 17.6 Å². The van der Waals surface area contributed by atoms with E-state index in [0.29, 0.717) is 6.20 Å². The average molecular weight is 275 g/mol. The lowest BCUT2D eigenvalue weighted by Crippen LogP contribution is -2.14. The standard InChI is InChI=1S/C12H12F3NO3/c1-2-19-10(17)5-3-4-8-6-9(12(13,14)15)7-16-11(8)18/h3-4,6-7H,2,5H2,1H3,(H,16,18). The number of carbonyl (C=O) groups excluding carboxylic acids is 1. The van der Waals surface area contributed by atoms with Crippen LogP contribution in [0.25, 0.3) is 6.08 Å². The molecule has 104 valence electrons. The van der Waals surface area contributed by atoms with Gasteiger partial charge in [0.2, 0.25) is 0 Å². The molecule has 1 N–H and O–H groups in total. The van der Waals surface area contributed by atoms with Crippen LogP contribution >= 0.6 is 0 Å². The molecule has 0 aliphatic rings. The van der Waals surface area contributed by atoms with Gasteiger partial charge in [0.15, 0.2) is 0 Å². The zero-order valence-corrected chi connectivity index (χ0v) is 10.1. The van der Waals surface area contributed by atoms with E-state index >= 15 is 0 Å². The van der Waals surface area contributed by atoms with E-state index in [1.165, 1.54) is 6.08 Å². The van der Waals surface area contributed by atoms with Crippen LogP contribution < -0.4 is 5.56 Å². The third kappa shape index (κ3) is 4.61. The molecule has 0 saturated carbocycles. The third-order valence-electron chi connectivity index (χ3n) is 2.15. The molecule has 1 heterocycles. The highest BCUT2D eigenvalue weighted by atomic mass is 19.4. The SMILES string of the molecule is CCOC(=O)CC=Cc1cc(C(F)(F)F)c[nH]c1=O. The Morgan fingerprint density at radius 2 is 2.16 bits per heavy atom. The van der Waals surface area contributed by atoms with Crippen LogP contribution in [0, 0.1) is 0 Å². The quantitative estimate of drug-likeness (QED) is 0.858. The van der Waals surface area contributed by atoms with Crippen molar-refractivity contribution in [3.05, 3.63) is 39.8 Å². The number of hydrogen-bond acceptors (Lipinski definition) is 3. The Kier molecular flexibility index (Phi) is 4.91. The summed E-state index contributed by atoms with van der Waals surface area (Å²) >= 11 is 0. The number of rotatable bonds is 4. The predicted octanol–water partition coefficient (Wildman–Crippen LogP) is 2.36. The molecule has 0 spiro atoms. The Morgan fingerprint density at radius 1 is 1.47 bits per heavy atom. The molecule has 0 atom stereocenters. The summed E-state index contributed by atoms with van der Waals surface area (Å²) in [6.07, 6.45) is -1.60. The second kappa shape index (κ2) is 6.21. The maximum absolute atomic E-state index is 12.4. The number of H-pyrrole nitrogens is 1. The number of aromatic amines is 1. The number of hydrogen-bond donors (Lipinski definition) is 1. The number of esters is 1. The minimum Gasteiger partial charge on any atom is -0.466 e. The summed E-state index contributed by atoms with van der Waals surface area (Å²) < 4.78 is 41.9. The number of carbonyl (C=O) groups is 1. The summed E-state index contributed by atoms with van der Waals surface area (Å²) in [5.74, 6) is -0.512. The summed E-state index contributed by atoms with van der Waals surface area (Å²) in [5.41, 5.74) is -1.78. The molecule has 0 fully saturated rings. The van der Waals surface area contributed by atoms with E-state index in [-0.39, 0.29) is 18.6 Å². The van der Waals surface area contributed by atoms with E-state index in [0.717, 1.165) is 12.1 Å². The highest BCUT2D eigenvalue weighted by Gasteiger charge is 2.31. The van der Waals surface area contributed by atoms with Gasteiger partial charge in [-0.15, -0.1) is 0 Å². The molecule has 0 bridgehead atoms. The van der Waals surface area contributed by atoms with E-state index in [1.807, 2.05) is 4.98 Å². The molecule has 19 heavy (non-hydrogen) atoms. The minimum absolute atomic E-state index is 0.108. The lowest BCUT2D eigenvalue weighted by molar-refractivity contribution is -0.142. The molecule has 0 amide bonds. The van der Waals surface area contributed by atoms with Crippen molar-refractivity contribution in [2.45, 2.75) is 19.5 Å². The molecule has 0 aliphatic carbocycles. The van der Waals surface area contributed by atoms with Gasteiger partial charge in [0, 0.05) is 11.8 Å². The van der Waals surface area contributed by atoms with Gasteiger partial charge >= 0.3 is 12.1 Å². The van der Waals surface area contributed by atoms with Gasteiger partial charge < -0.3 is 9.72 Å².